The van der Waals surface area contributed by atoms with Crippen molar-refractivity contribution in [3.8, 4) is 5.75 Å². The molecule has 0 aliphatic heterocycles. The zero-order valence-electron chi connectivity index (χ0n) is 20.9. The van der Waals surface area contributed by atoms with E-state index < -0.39 is 15.9 Å². The molecule has 12 heteroatoms. The van der Waals surface area contributed by atoms with Crippen LogP contribution in [-0.2, 0) is 10.0 Å². The maximum absolute atomic E-state index is 14.0. The van der Waals surface area contributed by atoms with Crippen molar-refractivity contribution in [2.75, 3.05) is 43.9 Å². The van der Waals surface area contributed by atoms with Crippen molar-refractivity contribution in [3.63, 3.8) is 0 Å². The van der Waals surface area contributed by atoms with E-state index in [2.05, 4.69) is 4.72 Å². The maximum Gasteiger partial charge on any atom is 0.262 e. The minimum atomic E-state index is -3.97. The van der Waals surface area contributed by atoms with Gasteiger partial charge in [0, 0.05) is 11.6 Å². The number of benzene rings is 3. The highest BCUT2D eigenvalue weighted by Gasteiger charge is 2.26. The number of carbonyl (C=O) groups excluding carboxylic acids is 1. The van der Waals surface area contributed by atoms with Gasteiger partial charge in [0.25, 0.3) is 15.9 Å². The fourth-order valence-electron chi connectivity index (χ4n) is 3.77. The summed E-state index contributed by atoms with van der Waals surface area (Å²) in [7, 11) is 1.48. The molecule has 1 amide bonds. The zero-order chi connectivity index (χ0) is 27.4. The van der Waals surface area contributed by atoms with Gasteiger partial charge in [0.1, 0.15) is 11.3 Å². The summed E-state index contributed by atoms with van der Waals surface area (Å²) in [5.41, 5.74) is 0.899. The highest BCUT2D eigenvalue weighted by molar-refractivity contribution is 7.92. The monoisotopic (exact) mass is 592 g/mol. The molecule has 1 N–H and O–H groups in total. The van der Waals surface area contributed by atoms with Crippen LogP contribution in [0.3, 0.4) is 0 Å². The largest absolute Gasteiger partial charge is 0.494 e. The molecule has 1 heterocycles. The first-order valence-electron chi connectivity index (χ1n) is 11.6. The fraction of sp³-hybridized carbons (Fsp3) is 0.231. The number of ether oxygens (including phenoxy) is 1. The average Bonchev–Trinajstić information content (AvgIpc) is 3.33. The highest BCUT2D eigenvalue weighted by atomic mass is 35.5. The van der Waals surface area contributed by atoms with Crippen LogP contribution in [0, 0.1) is 0 Å². The molecule has 0 spiro atoms. The van der Waals surface area contributed by atoms with Crippen LogP contribution >= 0.6 is 34.5 Å². The Morgan fingerprint density at radius 1 is 1.03 bits per heavy atom. The lowest BCUT2D eigenvalue weighted by Crippen LogP contribution is -2.34. The lowest BCUT2D eigenvalue weighted by atomic mass is 10.1. The number of hydrogen-bond donors (Lipinski definition) is 1. The number of fused-ring (bicyclic) bond motifs is 1. The van der Waals surface area contributed by atoms with E-state index in [1.807, 2.05) is 19.0 Å². The molecular weight excluding hydrogens is 567 g/mol. The third-order valence-corrected chi connectivity index (χ3v) is 8.83. The van der Waals surface area contributed by atoms with Crippen LogP contribution in [0.25, 0.3) is 10.2 Å². The molecule has 4 rings (SSSR count). The summed E-state index contributed by atoms with van der Waals surface area (Å²) in [5, 5.41) is 1.35. The Kier molecular flexibility index (Phi) is 8.79. The second kappa shape index (κ2) is 11.9. The van der Waals surface area contributed by atoms with Crippen molar-refractivity contribution in [3.05, 3.63) is 76.3 Å². The minimum absolute atomic E-state index is 0.0277. The molecule has 8 nitrogen and oxygen atoms in total. The smallest absolute Gasteiger partial charge is 0.262 e. The van der Waals surface area contributed by atoms with Gasteiger partial charge in [-0.25, -0.2) is 13.4 Å². The number of nitrogens with zero attached hydrogens (tertiary/aromatic N) is 3. The van der Waals surface area contributed by atoms with Gasteiger partial charge >= 0.3 is 0 Å². The molecule has 4 aromatic rings. The fourth-order valence-corrected chi connectivity index (χ4v) is 6.26. The third kappa shape index (κ3) is 6.22. The predicted octanol–water partition coefficient (Wildman–Crippen LogP) is 6.01. The standard InChI is InChI=1S/C26H26Cl2N4O4S2/c1-31(2)15-6-16-32(26-29-23-22(36-3)14-13-20(28)24(23)37-26)25(33)19-7-4-5-8-21(19)30-38(34,35)18-11-9-17(27)10-12-18/h4-5,7-14,30H,6,15-16H2,1-3H3. The molecule has 0 saturated carbocycles. The van der Waals surface area contributed by atoms with Crippen LogP contribution in [0.2, 0.25) is 10.0 Å². The SMILES string of the molecule is COc1ccc(Cl)c2sc(N(CCCN(C)C)C(=O)c3ccccc3NS(=O)(=O)c3ccc(Cl)cc3)nc12. The van der Waals surface area contributed by atoms with Crippen molar-refractivity contribution < 1.29 is 17.9 Å². The number of thiazole rings is 1. The molecule has 0 unspecified atom stereocenters. The van der Waals surface area contributed by atoms with E-state index in [0.29, 0.717) is 44.1 Å². The van der Waals surface area contributed by atoms with Crippen LogP contribution in [0.15, 0.2) is 65.6 Å². The van der Waals surface area contributed by atoms with Crippen molar-refractivity contribution in [2.45, 2.75) is 11.3 Å². The number of aromatic nitrogens is 1. The molecule has 0 fully saturated rings. The Hall–Kier alpha value is -2.89. The first kappa shape index (κ1) is 28.1. The topological polar surface area (TPSA) is 91.8 Å². The quantitative estimate of drug-likeness (QED) is 0.242. The van der Waals surface area contributed by atoms with Gasteiger partial charge in [0.2, 0.25) is 0 Å². The van der Waals surface area contributed by atoms with Crippen LogP contribution in [-0.4, -0.2) is 58.5 Å². The van der Waals surface area contributed by atoms with Gasteiger partial charge < -0.3 is 9.64 Å². The predicted molar refractivity (Wildman–Crippen MR) is 155 cm³/mol. The van der Waals surface area contributed by atoms with Crippen molar-refractivity contribution in [2.24, 2.45) is 0 Å². The molecule has 0 radical (unpaired) electrons. The number of amides is 1. The van der Waals surface area contributed by atoms with Gasteiger partial charge in [-0.05, 0) is 75.6 Å². The number of rotatable bonds is 10. The van der Waals surface area contributed by atoms with E-state index in [9.17, 15) is 13.2 Å². The van der Waals surface area contributed by atoms with Crippen molar-refractivity contribution in [1.29, 1.82) is 0 Å². The molecule has 0 aliphatic rings. The molecule has 200 valence electrons. The number of hydrogen-bond acceptors (Lipinski definition) is 7. The second-order valence-corrected chi connectivity index (χ2v) is 12.1. The molecule has 38 heavy (non-hydrogen) atoms. The first-order valence-corrected chi connectivity index (χ1v) is 14.6. The highest BCUT2D eigenvalue weighted by Crippen LogP contribution is 2.39. The summed E-state index contributed by atoms with van der Waals surface area (Å²) < 4.78 is 34.9. The average molecular weight is 594 g/mol. The summed E-state index contributed by atoms with van der Waals surface area (Å²) >= 11 is 13.6. The van der Waals surface area contributed by atoms with Crippen molar-refractivity contribution >= 4 is 71.5 Å². The Morgan fingerprint density at radius 3 is 2.42 bits per heavy atom. The summed E-state index contributed by atoms with van der Waals surface area (Å²) in [4.78, 5) is 22.3. The van der Waals surface area contributed by atoms with E-state index in [1.54, 1.807) is 48.4 Å². The second-order valence-electron chi connectivity index (χ2n) is 8.64. The number of methoxy groups -OCH3 is 1. The van der Waals surface area contributed by atoms with Crippen LogP contribution < -0.4 is 14.4 Å². The molecule has 0 atom stereocenters. The number of carbonyl (C=O) groups is 1. The van der Waals surface area contributed by atoms with Gasteiger partial charge in [0.15, 0.2) is 5.13 Å². The first-order chi connectivity index (χ1) is 18.1. The summed E-state index contributed by atoms with van der Waals surface area (Å²) in [6.07, 6.45) is 0.665. The zero-order valence-corrected chi connectivity index (χ0v) is 24.1. The van der Waals surface area contributed by atoms with Crippen LogP contribution in [0.4, 0.5) is 10.8 Å². The number of anilines is 2. The lowest BCUT2D eigenvalue weighted by molar-refractivity contribution is 0.0987. The van der Waals surface area contributed by atoms with E-state index in [4.69, 9.17) is 32.9 Å². The molecule has 3 aromatic carbocycles. The summed E-state index contributed by atoms with van der Waals surface area (Å²) in [5.74, 6) is 0.149. The van der Waals surface area contributed by atoms with Gasteiger partial charge in [-0.2, -0.15) is 0 Å². The molecule has 0 saturated heterocycles. The summed E-state index contributed by atoms with van der Waals surface area (Å²) in [6, 6.07) is 15.7. The molecule has 0 aliphatic carbocycles. The number of nitrogens with one attached hydrogen (secondary N) is 1. The normalized spacial score (nSPS) is 11.6. The Labute approximate surface area is 235 Å². The third-order valence-electron chi connectivity index (χ3n) is 5.66. The van der Waals surface area contributed by atoms with Crippen LogP contribution in [0.5, 0.6) is 5.75 Å². The van der Waals surface area contributed by atoms with Gasteiger partial charge in [-0.3, -0.25) is 14.4 Å². The number of sulfonamides is 1. The van der Waals surface area contributed by atoms with E-state index >= 15 is 0 Å². The molecule has 0 bridgehead atoms. The van der Waals surface area contributed by atoms with E-state index in [1.165, 1.54) is 35.6 Å². The lowest BCUT2D eigenvalue weighted by Gasteiger charge is -2.22. The minimum Gasteiger partial charge on any atom is -0.494 e. The Morgan fingerprint density at radius 2 is 1.74 bits per heavy atom. The Balaban J connectivity index is 1.74. The summed E-state index contributed by atoms with van der Waals surface area (Å²) in [6.45, 7) is 1.10. The number of para-hydroxylation sites is 1. The van der Waals surface area contributed by atoms with Crippen LogP contribution in [0.1, 0.15) is 16.8 Å². The van der Waals surface area contributed by atoms with Gasteiger partial charge in [0.05, 0.1) is 33.0 Å². The number of halogens is 2. The Bertz CT molecular complexity index is 1560. The van der Waals surface area contributed by atoms with E-state index in [0.717, 1.165) is 6.54 Å². The van der Waals surface area contributed by atoms with E-state index in [-0.39, 0.29) is 16.1 Å². The van der Waals surface area contributed by atoms with Gasteiger partial charge in [-0.15, -0.1) is 0 Å². The maximum atomic E-state index is 14.0. The molecule has 1 aromatic heterocycles. The van der Waals surface area contributed by atoms with Gasteiger partial charge in [-0.1, -0.05) is 46.7 Å². The molecular formula is C26H26Cl2N4O4S2. The van der Waals surface area contributed by atoms with Crippen molar-refractivity contribution in [1.82, 2.24) is 9.88 Å².